The summed E-state index contributed by atoms with van der Waals surface area (Å²) in [5.41, 5.74) is 1.97. The Morgan fingerprint density at radius 2 is 2.18 bits per heavy atom. The largest absolute Gasteiger partial charge is 0.497 e. The van der Waals surface area contributed by atoms with Gasteiger partial charge >= 0.3 is 0 Å². The number of carbonyl (C=O) groups excluding carboxylic acids is 1. The molecule has 144 valence electrons. The average Bonchev–Trinajstić information content (AvgIpc) is 2.73. The van der Waals surface area contributed by atoms with Crippen molar-refractivity contribution >= 4 is 16.8 Å². The topological polar surface area (TPSA) is 82.5 Å². The lowest BCUT2D eigenvalue weighted by molar-refractivity contribution is 0.0939. The minimum absolute atomic E-state index is 0.133. The number of hydrogen-bond donors (Lipinski definition) is 1. The van der Waals surface area contributed by atoms with Crippen molar-refractivity contribution in [3.05, 3.63) is 64.2 Å². The lowest BCUT2D eigenvalue weighted by Gasteiger charge is -2.25. The van der Waals surface area contributed by atoms with Crippen LogP contribution in [0.1, 0.15) is 15.9 Å². The summed E-state index contributed by atoms with van der Waals surface area (Å²) in [6.07, 6.45) is 2.28. The number of nitrogens with zero attached hydrogens (tertiary/aromatic N) is 2. The SMILES string of the molecule is COc1ccc2c(c1)OCC(CNC(=O)c1ccc3c(=O)n(C)cnc3c1)C2. The molecule has 0 spiro atoms. The smallest absolute Gasteiger partial charge is 0.260 e. The maximum Gasteiger partial charge on any atom is 0.260 e. The summed E-state index contributed by atoms with van der Waals surface area (Å²) in [6.45, 7) is 1.04. The van der Waals surface area contributed by atoms with Crippen LogP contribution in [0.15, 0.2) is 47.5 Å². The van der Waals surface area contributed by atoms with Gasteiger partial charge in [-0.25, -0.2) is 4.98 Å². The molecular weight excluding hydrogens is 358 g/mol. The summed E-state index contributed by atoms with van der Waals surface area (Å²) in [5, 5.41) is 3.45. The van der Waals surface area contributed by atoms with Gasteiger partial charge in [-0.2, -0.15) is 0 Å². The predicted molar refractivity (Wildman–Crippen MR) is 105 cm³/mol. The Balaban J connectivity index is 1.42. The molecule has 0 fully saturated rings. The van der Waals surface area contributed by atoms with Crippen LogP contribution in [0.25, 0.3) is 10.9 Å². The number of benzene rings is 2. The molecule has 0 aliphatic carbocycles. The number of carbonyl (C=O) groups is 1. The van der Waals surface area contributed by atoms with Gasteiger partial charge in [0.15, 0.2) is 0 Å². The lowest BCUT2D eigenvalue weighted by atomic mass is 9.96. The number of rotatable bonds is 4. The van der Waals surface area contributed by atoms with Crippen molar-refractivity contribution in [3.63, 3.8) is 0 Å². The first kappa shape index (κ1) is 18.0. The van der Waals surface area contributed by atoms with E-state index in [0.717, 1.165) is 23.5 Å². The van der Waals surface area contributed by atoms with Crippen molar-refractivity contribution in [3.8, 4) is 11.5 Å². The Kier molecular flexibility index (Phi) is 4.73. The molecule has 0 saturated heterocycles. The molecule has 28 heavy (non-hydrogen) atoms. The minimum Gasteiger partial charge on any atom is -0.497 e. The molecule has 1 amide bonds. The fourth-order valence-corrected chi connectivity index (χ4v) is 3.36. The van der Waals surface area contributed by atoms with Crippen molar-refractivity contribution in [2.75, 3.05) is 20.3 Å². The first-order valence-electron chi connectivity index (χ1n) is 9.08. The third-order valence-corrected chi connectivity index (χ3v) is 4.99. The van der Waals surface area contributed by atoms with E-state index in [1.807, 2.05) is 18.2 Å². The van der Waals surface area contributed by atoms with Crippen LogP contribution in [0.5, 0.6) is 11.5 Å². The van der Waals surface area contributed by atoms with Crippen molar-refractivity contribution < 1.29 is 14.3 Å². The van der Waals surface area contributed by atoms with Crippen LogP contribution in [0, 0.1) is 5.92 Å². The second-order valence-electron chi connectivity index (χ2n) is 6.96. The van der Waals surface area contributed by atoms with Crippen molar-refractivity contribution in [1.29, 1.82) is 0 Å². The van der Waals surface area contributed by atoms with Crippen LogP contribution in [-0.2, 0) is 13.5 Å². The average molecular weight is 379 g/mol. The number of aromatic nitrogens is 2. The first-order valence-corrected chi connectivity index (χ1v) is 9.08. The molecule has 1 aliphatic rings. The molecule has 3 aromatic rings. The molecule has 1 aromatic heterocycles. The van der Waals surface area contributed by atoms with Crippen LogP contribution >= 0.6 is 0 Å². The van der Waals surface area contributed by atoms with Gasteiger partial charge in [-0.15, -0.1) is 0 Å². The summed E-state index contributed by atoms with van der Waals surface area (Å²) in [4.78, 5) is 28.8. The Bertz CT molecular complexity index is 1110. The Labute approximate surface area is 161 Å². The molecule has 7 heteroatoms. The van der Waals surface area contributed by atoms with Crippen LogP contribution in [0.3, 0.4) is 0 Å². The van der Waals surface area contributed by atoms with Gasteiger partial charge in [0.1, 0.15) is 11.5 Å². The molecule has 7 nitrogen and oxygen atoms in total. The molecule has 1 aliphatic heterocycles. The van der Waals surface area contributed by atoms with Gasteiger partial charge in [0.05, 0.1) is 30.9 Å². The normalized spacial score (nSPS) is 15.6. The summed E-state index contributed by atoms with van der Waals surface area (Å²) < 4.78 is 12.5. The van der Waals surface area contributed by atoms with Gasteiger partial charge in [0.2, 0.25) is 0 Å². The van der Waals surface area contributed by atoms with Crippen LogP contribution in [0.4, 0.5) is 0 Å². The van der Waals surface area contributed by atoms with Gasteiger partial charge in [-0.3, -0.25) is 9.59 Å². The first-order chi connectivity index (χ1) is 13.5. The van der Waals surface area contributed by atoms with E-state index in [1.54, 1.807) is 32.4 Å². The molecular formula is C21H21N3O4. The van der Waals surface area contributed by atoms with Crippen LogP contribution < -0.4 is 20.3 Å². The molecule has 0 radical (unpaired) electrons. The van der Waals surface area contributed by atoms with E-state index in [1.165, 1.54) is 10.9 Å². The minimum atomic E-state index is -0.190. The van der Waals surface area contributed by atoms with E-state index in [-0.39, 0.29) is 17.4 Å². The Morgan fingerprint density at radius 1 is 1.32 bits per heavy atom. The van der Waals surface area contributed by atoms with Gasteiger partial charge in [-0.05, 0) is 36.2 Å². The second-order valence-corrected chi connectivity index (χ2v) is 6.96. The fourth-order valence-electron chi connectivity index (χ4n) is 3.36. The van der Waals surface area contributed by atoms with Gasteiger partial charge in [-0.1, -0.05) is 6.07 Å². The highest BCUT2D eigenvalue weighted by Gasteiger charge is 2.21. The van der Waals surface area contributed by atoms with E-state index in [9.17, 15) is 9.59 Å². The maximum atomic E-state index is 12.5. The standard InChI is InChI=1S/C21H21N3O4/c1-24-12-23-18-8-15(4-6-17(18)21(24)26)20(25)22-10-13-7-14-3-5-16(27-2)9-19(14)28-11-13/h3-6,8-9,12-13H,7,10-11H2,1-2H3,(H,22,25). The second kappa shape index (κ2) is 7.34. The molecule has 2 heterocycles. The number of methoxy groups -OCH3 is 1. The van der Waals surface area contributed by atoms with Crippen molar-refractivity contribution in [2.24, 2.45) is 13.0 Å². The molecule has 1 N–H and O–H groups in total. The zero-order valence-electron chi connectivity index (χ0n) is 15.8. The highest BCUT2D eigenvalue weighted by molar-refractivity contribution is 5.97. The van der Waals surface area contributed by atoms with Gasteiger partial charge in [0.25, 0.3) is 11.5 Å². The monoisotopic (exact) mass is 379 g/mol. The zero-order valence-corrected chi connectivity index (χ0v) is 15.8. The number of amides is 1. The summed E-state index contributed by atoms with van der Waals surface area (Å²) in [7, 11) is 3.28. The Morgan fingerprint density at radius 3 is 3.00 bits per heavy atom. The van der Waals surface area contributed by atoms with E-state index in [2.05, 4.69) is 10.3 Å². The van der Waals surface area contributed by atoms with Crippen molar-refractivity contribution in [2.45, 2.75) is 6.42 Å². The molecule has 1 unspecified atom stereocenters. The highest BCUT2D eigenvalue weighted by atomic mass is 16.5. The van der Waals surface area contributed by atoms with Gasteiger partial charge in [0, 0.05) is 31.1 Å². The van der Waals surface area contributed by atoms with E-state index in [4.69, 9.17) is 9.47 Å². The maximum absolute atomic E-state index is 12.5. The lowest BCUT2D eigenvalue weighted by Crippen LogP contribution is -2.34. The quantitative estimate of drug-likeness (QED) is 0.749. The summed E-state index contributed by atoms with van der Waals surface area (Å²) in [5.74, 6) is 1.61. The van der Waals surface area contributed by atoms with Crippen LogP contribution in [0.2, 0.25) is 0 Å². The zero-order chi connectivity index (χ0) is 19.7. The van der Waals surface area contributed by atoms with Crippen LogP contribution in [-0.4, -0.2) is 35.7 Å². The predicted octanol–water partition coefficient (Wildman–Crippen LogP) is 1.92. The fraction of sp³-hybridized carbons (Fsp3) is 0.286. The third kappa shape index (κ3) is 3.43. The molecule has 0 bridgehead atoms. The highest BCUT2D eigenvalue weighted by Crippen LogP contribution is 2.30. The summed E-state index contributed by atoms with van der Waals surface area (Å²) in [6, 6.07) is 10.7. The number of hydrogen-bond acceptors (Lipinski definition) is 5. The molecule has 2 aromatic carbocycles. The van der Waals surface area contributed by atoms with E-state index < -0.39 is 0 Å². The number of fused-ring (bicyclic) bond motifs is 2. The summed E-state index contributed by atoms with van der Waals surface area (Å²) >= 11 is 0. The van der Waals surface area contributed by atoms with Gasteiger partial charge < -0.3 is 19.4 Å². The molecule has 4 rings (SSSR count). The number of aryl methyl sites for hydroxylation is 1. The number of nitrogens with one attached hydrogen (secondary N) is 1. The third-order valence-electron chi connectivity index (χ3n) is 4.99. The van der Waals surface area contributed by atoms with E-state index in [0.29, 0.717) is 29.6 Å². The van der Waals surface area contributed by atoms with Crippen molar-refractivity contribution in [1.82, 2.24) is 14.9 Å². The van der Waals surface area contributed by atoms with E-state index >= 15 is 0 Å². The number of ether oxygens (including phenoxy) is 2. The molecule has 0 saturated carbocycles. The Hall–Kier alpha value is -3.35. The molecule has 1 atom stereocenters.